The topological polar surface area (TPSA) is 76.1 Å². The van der Waals surface area contributed by atoms with Gasteiger partial charge < -0.3 is 19.5 Å². The van der Waals surface area contributed by atoms with Gasteiger partial charge >= 0.3 is 12.1 Å². The van der Waals surface area contributed by atoms with E-state index in [9.17, 15) is 14.7 Å². The zero-order valence-electron chi connectivity index (χ0n) is 13.1. The fourth-order valence-electron chi connectivity index (χ4n) is 3.22. The summed E-state index contributed by atoms with van der Waals surface area (Å²) in [4.78, 5) is 25.2. The molecule has 0 bridgehead atoms. The Bertz CT molecular complexity index is 407. The molecule has 6 nitrogen and oxygen atoms in total. The maximum Gasteiger partial charge on any atom is 0.410 e. The van der Waals surface area contributed by atoms with Crippen LogP contribution in [-0.4, -0.2) is 54.0 Å². The molecule has 0 aromatic rings. The van der Waals surface area contributed by atoms with Crippen LogP contribution in [0, 0.1) is 11.3 Å². The third-order valence-corrected chi connectivity index (χ3v) is 4.39. The summed E-state index contributed by atoms with van der Waals surface area (Å²) in [6.45, 7) is 7.56. The van der Waals surface area contributed by atoms with Crippen molar-refractivity contribution in [1.29, 1.82) is 0 Å². The maximum absolute atomic E-state index is 12.1. The quantitative estimate of drug-likeness (QED) is 0.802. The van der Waals surface area contributed by atoms with Gasteiger partial charge in [0.1, 0.15) is 5.60 Å². The lowest BCUT2D eigenvalue weighted by atomic mass is 9.67. The highest BCUT2D eigenvalue weighted by molar-refractivity contribution is 5.72. The molecule has 1 spiro atoms. The summed E-state index contributed by atoms with van der Waals surface area (Å²) in [5.74, 6) is -1.11. The van der Waals surface area contributed by atoms with Crippen molar-refractivity contribution in [2.75, 3.05) is 26.3 Å². The lowest BCUT2D eigenvalue weighted by molar-refractivity contribution is -0.159. The summed E-state index contributed by atoms with van der Waals surface area (Å²) in [5.41, 5.74) is -0.841. The highest BCUT2D eigenvalue weighted by Gasteiger charge is 2.48. The molecule has 1 N–H and O–H groups in total. The molecule has 0 radical (unpaired) electrons. The van der Waals surface area contributed by atoms with Crippen molar-refractivity contribution in [2.45, 2.75) is 45.6 Å². The summed E-state index contributed by atoms with van der Waals surface area (Å²) in [6.07, 6.45) is 1.55. The second-order valence-electron chi connectivity index (χ2n) is 7.06. The fourth-order valence-corrected chi connectivity index (χ4v) is 3.22. The average molecular weight is 299 g/mol. The Morgan fingerprint density at radius 2 is 1.90 bits per heavy atom. The van der Waals surface area contributed by atoms with E-state index in [1.807, 2.05) is 20.8 Å². The second kappa shape index (κ2) is 5.83. The first-order valence-corrected chi connectivity index (χ1v) is 7.52. The Hall–Kier alpha value is -1.30. The van der Waals surface area contributed by atoms with Crippen molar-refractivity contribution in [3.63, 3.8) is 0 Å². The van der Waals surface area contributed by atoms with Crippen LogP contribution in [0.4, 0.5) is 4.79 Å². The molecule has 21 heavy (non-hydrogen) atoms. The van der Waals surface area contributed by atoms with Crippen molar-refractivity contribution >= 4 is 12.1 Å². The monoisotopic (exact) mass is 299 g/mol. The molecule has 6 heteroatoms. The number of carbonyl (C=O) groups is 2. The van der Waals surface area contributed by atoms with E-state index in [0.29, 0.717) is 45.6 Å². The minimum Gasteiger partial charge on any atom is -0.481 e. The number of rotatable bonds is 1. The van der Waals surface area contributed by atoms with Crippen molar-refractivity contribution in [3.8, 4) is 0 Å². The van der Waals surface area contributed by atoms with Crippen LogP contribution in [0.15, 0.2) is 0 Å². The lowest BCUT2D eigenvalue weighted by Crippen LogP contribution is -2.52. The Labute approximate surface area is 125 Å². The highest BCUT2D eigenvalue weighted by Crippen LogP contribution is 2.43. The molecule has 2 rings (SSSR count). The first-order chi connectivity index (χ1) is 9.73. The van der Waals surface area contributed by atoms with Gasteiger partial charge in [-0.15, -0.1) is 0 Å². The highest BCUT2D eigenvalue weighted by atomic mass is 16.6. The number of carboxylic acid groups (broad SMARTS) is 1. The third-order valence-electron chi connectivity index (χ3n) is 4.39. The van der Waals surface area contributed by atoms with E-state index >= 15 is 0 Å². The molecule has 120 valence electrons. The normalized spacial score (nSPS) is 25.7. The molecule has 0 aromatic carbocycles. The van der Waals surface area contributed by atoms with E-state index in [-0.39, 0.29) is 17.4 Å². The number of amides is 1. The molecule has 0 aromatic heterocycles. The number of nitrogens with zero attached hydrogens (tertiary/aromatic N) is 1. The minimum absolute atomic E-state index is 0.319. The van der Waals surface area contributed by atoms with Crippen LogP contribution in [0.5, 0.6) is 0 Å². The molecule has 1 atom stereocenters. The van der Waals surface area contributed by atoms with E-state index in [1.54, 1.807) is 4.90 Å². The summed E-state index contributed by atoms with van der Waals surface area (Å²) < 4.78 is 10.9. The van der Waals surface area contributed by atoms with Gasteiger partial charge in [-0.2, -0.15) is 0 Å². The maximum atomic E-state index is 12.1. The molecule has 2 heterocycles. The second-order valence-corrected chi connectivity index (χ2v) is 7.06. The number of carboxylic acids is 1. The number of piperidine rings is 1. The Balaban J connectivity index is 1.98. The van der Waals surface area contributed by atoms with Crippen LogP contribution < -0.4 is 0 Å². The van der Waals surface area contributed by atoms with Crippen LogP contribution in [0.3, 0.4) is 0 Å². The van der Waals surface area contributed by atoms with E-state index in [1.165, 1.54) is 0 Å². The Morgan fingerprint density at radius 3 is 2.43 bits per heavy atom. The number of ether oxygens (including phenoxy) is 2. The molecular weight excluding hydrogens is 274 g/mol. The summed E-state index contributed by atoms with van der Waals surface area (Å²) >= 11 is 0. The molecule has 2 aliphatic heterocycles. The van der Waals surface area contributed by atoms with Crippen LogP contribution >= 0.6 is 0 Å². The largest absolute Gasteiger partial charge is 0.481 e. The molecule has 0 aliphatic carbocycles. The van der Waals surface area contributed by atoms with Gasteiger partial charge in [0.25, 0.3) is 0 Å². The summed E-state index contributed by atoms with van der Waals surface area (Å²) in [7, 11) is 0. The Kier molecular flexibility index (Phi) is 4.46. The standard InChI is InChI=1S/C15H25NO5/c1-14(2,3)21-13(19)16-7-5-15(6-8-16)10-20-9-4-11(15)12(17)18/h11H,4-10H2,1-3H3,(H,17,18). The molecular formula is C15H25NO5. The number of carbonyl (C=O) groups excluding carboxylic acids is 1. The number of aliphatic carboxylic acids is 1. The smallest absolute Gasteiger partial charge is 0.410 e. The number of hydrogen-bond donors (Lipinski definition) is 1. The summed E-state index contributed by atoms with van der Waals surface area (Å²) in [6, 6.07) is 0. The van der Waals surface area contributed by atoms with E-state index < -0.39 is 11.6 Å². The average Bonchev–Trinajstić information content (AvgIpc) is 2.37. The van der Waals surface area contributed by atoms with Gasteiger partial charge in [-0.05, 0) is 40.0 Å². The predicted molar refractivity (Wildman–Crippen MR) is 76.0 cm³/mol. The third kappa shape index (κ3) is 3.67. The lowest BCUT2D eigenvalue weighted by Gasteiger charge is -2.47. The van der Waals surface area contributed by atoms with Crippen LogP contribution in [-0.2, 0) is 14.3 Å². The number of likely N-dealkylation sites (tertiary alicyclic amines) is 1. The number of hydrogen-bond acceptors (Lipinski definition) is 4. The first-order valence-electron chi connectivity index (χ1n) is 7.52. The minimum atomic E-state index is -0.746. The summed E-state index contributed by atoms with van der Waals surface area (Å²) in [5, 5.41) is 9.42. The molecule has 1 amide bonds. The molecule has 0 saturated carbocycles. The van der Waals surface area contributed by atoms with Crippen LogP contribution in [0.1, 0.15) is 40.0 Å². The van der Waals surface area contributed by atoms with Crippen LogP contribution in [0.2, 0.25) is 0 Å². The van der Waals surface area contributed by atoms with Crippen molar-refractivity contribution in [2.24, 2.45) is 11.3 Å². The van der Waals surface area contributed by atoms with Gasteiger partial charge in [0.15, 0.2) is 0 Å². The van der Waals surface area contributed by atoms with Gasteiger partial charge in [-0.1, -0.05) is 0 Å². The van der Waals surface area contributed by atoms with Gasteiger partial charge in [0.2, 0.25) is 0 Å². The molecule has 2 saturated heterocycles. The van der Waals surface area contributed by atoms with Crippen LogP contribution in [0.25, 0.3) is 0 Å². The first kappa shape index (κ1) is 16.1. The zero-order valence-corrected chi connectivity index (χ0v) is 13.1. The van der Waals surface area contributed by atoms with Crippen molar-refractivity contribution < 1.29 is 24.2 Å². The van der Waals surface area contributed by atoms with Crippen molar-refractivity contribution in [1.82, 2.24) is 4.90 Å². The van der Waals surface area contributed by atoms with Crippen molar-refractivity contribution in [3.05, 3.63) is 0 Å². The zero-order chi connectivity index (χ0) is 15.7. The molecule has 2 aliphatic rings. The van der Waals surface area contributed by atoms with Gasteiger partial charge in [0, 0.05) is 25.1 Å². The van der Waals surface area contributed by atoms with E-state index in [2.05, 4.69) is 0 Å². The molecule has 2 fully saturated rings. The predicted octanol–water partition coefficient (Wildman–Crippen LogP) is 2.12. The SMILES string of the molecule is CC(C)(C)OC(=O)N1CCC2(CC1)COCCC2C(=O)O. The van der Waals surface area contributed by atoms with E-state index in [4.69, 9.17) is 9.47 Å². The van der Waals surface area contributed by atoms with E-state index in [0.717, 1.165) is 0 Å². The molecule has 1 unspecified atom stereocenters. The fraction of sp³-hybridized carbons (Fsp3) is 0.867. The Morgan fingerprint density at radius 1 is 1.29 bits per heavy atom. The van der Waals surface area contributed by atoms with Gasteiger partial charge in [0.05, 0.1) is 12.5 Å². The van der Waals surface area contributed by atoms with Gasteiger partial charge in [-0.25, -0.2) is 4.79 Å². The van der Waals surface area contributed by atoms with Gasteiger partial charge in [-0.3, -0.25) is 4.79 Å².